The molecule has 11 heteroatoms. The molecule has 0 radical (unpaired) electrons. The number of ether oxygens (including phenoxy) is 2. The van der Waals surface area contributed by atoms with Gasteiger partial charge in [-0.05, 0) is 38.1 Å². The SMILES string of the molecule is CCOC(=O)C1=C(C)N(C)C(SC2=NCCN2)=C(C(=O)OCC)C1c1cccc([N+](=O)[O-])c1. The van der Waals surface area contributed by atoms with E-state index in [2.05, 4.69) is 10.3 Å². The molecule has 1 aromatic rings. The zero-order chi connectivity index (χ0) is 24.1. The third-order valence-electron chi connectivity index (χ3n) is 5.25. The standard InChI is InChI=1S/C22H26N4O6S/c1-5-31-20(27)16-13(3)25(4)19(33-22-23-10-11-24-22)18(21(28)32-6-2)17(16)14-8-7-9-15(12-14)26(29)30/h7-9,12,17H,5-6,10-11H2,1-4H3,(H,23,24). The normalized spacial score (nSPS) is 18.1. The van der Waals surface area contributed by atoms with Gasteiger partial charge in [-0.25, -0.2) is 9.59 Å². The summed E-state index contributed by atoms with van der Waals surface area (Å²) < 4.78 is 10.7. The Balaban J connectivity index is 2.27. The molecule has 0 aliphatic carbocycles. The van der Waals surface area contributed by atoms with Gasteiger partial charge in [0.2, 0.25) is 0 Å². The summed E-state index contributed by atoms with van der Waals surface area (Å²) in [5.41, 5.74) is 1.27. The van der Waals surface area contributed by atoms with Crippen LogP contribution in [0, 0.1) is 10.1 Å². The summed E-state index contributed by atoms with van der Waals surface area (Å²) in [6.07, 6.45) is 0. The molecule has 176 valence electrons. The number of hydrogen-bond acceptors (Lipinski definition) is 10. The fourth-order valence-corrected chi connectivity index (χ4v) is 4.79. The number of thioether (sulfide) groups is 1. The van der Waals surface area contributed by atoms with Crippen molar-refractivity contribution in [1.29, 1.82) is 0 Å². The molecule has 3 rings (SSSR count). The Morgan fingerprint density at radius 2 is 1.91 bits per heavy atom. The Kier molecular flexibility index (Phi) is 7.75. The van der Waals surface area contributed by atoms with Gasteiger partial charge in [-0.1, -0.05) is 12.1 Å². The van der Waals surface area contributed by atoms with Crippen molar-refractivity contribution in [2.45, 2.75) is 26.7 Å². The highest BCUT2D eigenvalue weighted by atomic mass is 32.2. The number of allylic oxidation sites excluding steroid dienone is 1. The predicted octanol–water partition coefficient (Wildman–Crippen LogP) is 2.93. The average molecular weight is 475 g/mol. The van der Waals surface area contributed by atoms with Gasteiger partial charge in [-0.15, -0.1) is 0 Å². The molecule has 1 unspecified atom stereocenters. The fourth-order valence-electron chi connectivity index (χ4n) is 3.69. The Morgan fingerprint density at radius 1 is 1.24 bits per heavy atom. The summed E-state index contributed by atoms with van der Waals surface area (Å²) in [6, 6.07) is 5.92. The van der Waals surface area contributed by atoms with E-state index in [4.69, 9.17) is 9.47 Å². The molecule has 0 aromatic heterocycles. The van der Waals surface area contributed by atoms with Gasteiger partial charge in [-0.2, -0.15) is 0 Å². The van der Waals surface area contributed by atoms with Crippen LogP contribution in [-0.2, 0) is 19.1 Å². The molecule has 1 N–H and O–H groups in total. The first-order valence-corrected chi connectivity index (χ1v) is 11.3. The van der Waals surface area contributed by atoms with Crippen LogP contribution >= 0.6 is 11.8 Å². The molecule has 0 spiro atoms. The van der Waals surface area contributed by atoms with Crippen LogP contribution in [0.5, 0.6) is 0 Å². The van der Waals surface area contributed by atoms with Crippen molar-refractivity contribution >= 4 is 34.6 Å². The van der Waals surface area contributed by atoms with Crippen molar-refractivity contribution in [3.05, 3.63) is 61.8 Å². The third kappa shape index (κ3) is 5.03. The largest absolute Gasteiger partial charge is 0.463 e. The van der Waals surface area contributed by atoms with E-state index in [1.165, 1.54) is 30.0 Å². The van der Waals surface area contributed by atoms with Crippen molar-refractivity contribution in [3.63, 3.8) is 0 Å². The van der Waals surface area contributed by atoms with Crippen LogP contribution < -0.4 is 5.32 Å². The summed E-state index contributed by atoms with van der Waals surface area (Å²) in [5, 5.41) is 15.8. The van der Waals surface area contributed by atoms with Crippen molar-refractivity contribution in [3.8, 4) is 0 Å². The van der Waals surface area contributed by atoms with Crippen molar-refractivity contribution in [2.75, 3.05) is 33.4 Å². The number of carbonyl (C=O) groups excluding carboxylic acids is 2. The van der Waals surface area contributed by atoms with E-state index in [-0.39, 0.29) is 30.0 Å². The first-order chi connectivity index (χ1) is 15.8. The molecule has 0 saturated heterocycles. The molecule has 10 nitrogen and oxygen atoms in total. The van der Waals surface area contributed by atoms with Crippen LogP contribution in [0.3, 0.4) is 0 Å². The number of esters is 2. The van der Waals surface area contributed by atoms with Crippen molar-refractivity contribution < 1.29 is 24.0 Å². The zero-order valence-electron chi connectivity index (χ0n) is 18.9. The number of nitro groups is 1. The van der Waals surface area contributed by atoms with Gasteiger partial charge in [0.1, 0.15) is 0 Å². The van der Waals surface area contributed by atoms with Crippen molar-refractivity contribution in [1.82, 2.24) is 10.2 Å². The number of benzene rings is 1. The van der Waals surface area contributed by atoms with E-state index in [0.717, 1.165) is 0 Å². The highest BCUT2D eigenvalue weighted by Gasteiger charge is 2.42. The van der Waals surface area contributed by atoms with Gasteiger partial charge < -0.3 is 19.7 Å². The minimum absolute atomic E-state index is 0.127. The van der Waals surface area contributed by atoms with Crippen LogP contribution in [0.2, 0.25) is 0 Å². The molecular formula is C22H26N4O6S. The molecule has 1 aromatic carbocycles. The highest BCUT2D eigenvalue weighted by molar-refractivity contribution is 8.17. The number of rotatable bonds is 7. The summed E-state index contributed by atoms with van der Waals surface area (Å²) in [7, 11) is 1.75. The second-order valence-corrected chi connectivity index (χ2v) is 8.20. The fraction of sp³-hybridized carbons (Fsp3) is 0.409. The lowest BCUT2D eigenvalue weighted by atomic mass is 9.81. The van der Waals surface area contributed by atoms with Crippen LogP contribution in [-0.4, -0.2) is 60.3 Å². The predicted molar refractivity (Wildman–Crippen MR) is 124 cm³/mol. The molecule has 2 heterocycles. The van der Waals surface area contributed by atoms with E-state index < -0.39 is 22.8 Å². The highest BCUT2D eigenvalue weighted by Crippen LogP contribution is 2.46. The van der Waals surface area contributed by atoms with Crippen LogP contribution in [0.1, 0.15) is 32.3 Å². The summed E-state index contributed by atoms with van der Waals surface area (Å²) in [6.45, 7) is 6.70. The maximum atomic E-state index is 13.3. The van der Waals surface area contributed by atoms with Crippen LogP contribution in [0.15, 0.2) is 51.1 Å². The first-order valence-electron chi connectivity index (χ1n) is 10.5. The molecule has 0 amide bonds. The second kappa shape index (κ2) is 10.5. The van der Waals surface area contributed by atoms with Crippen LogP contribution in [0.4, 0.5) is 5.69 Å². The first kappa shape index (κ1) is 24.3. The molecule has 1 atom stereocenters. The molecular weight excluding hydrogens is 448 g/mol. The van der Waals surface area contributed by atoms with E-state index in [9.17, 15) is 19.7 Å². The van der Waals surface area contributed by atoms with E-state index >= 15 is 0 Å². The summed E-state index contributed by atoms with van der Waals surface area (Å²) >= 11 is 1.26. The minimum Gasteiger partial charge on any atom is -0.463 e. The molecule has 2 aliphatic heterocycles. The number of non-ortho nitro benzene ring substituents is 1. The smallest absolute Gasteiger partial charge is 0.337 e. The monoisotopic (exact) mass is 474 g/mol. The minimum atomic E-state index is -0.913. The van der Waals surface area contributed by atoms with Gasteiger partial charge in [0.25, 0.3) is 5.69 Å². The Bertz CT molecular complexity index is 1060. The number of nitrogens with one attached hydrogen (secondary N) is 1. The summed E-state index contributed by atoms with van der Waals surface area (Å²) in [4.78, 5) is 43.4. The van der Waals surface area contributed by atoms with Gasteiger partial charge in [0.15, 0.2) is 5.17 Å². The van der Waals surface area contributed by atoms with Crippen molar-refractivity contribution in [2.24, 2.45) is 4.99 Å². The Labute approximate surface area is 195 Å². The topological polar surface area (TPSA) is 123 Å². The number of nitro benzene ring substituents is 1. The quantitative estimate of drug-likeness (QED) is 0.361. The molecule has 0 bridgehead atoms. The molecule has 33 heavy (non-hydrogen) atoms. The number of carbonyl (C=O) groups is 2. The Morgan fingerprint density at radius 3 is 2.48 bits per heavy atom. The number of hydrogen-bond donors (Lipinski definition) is 1. The number of aliphatic imine (C=N–C) groups is 1. The number of amidine groups is 1. The maximum Gasteiger partial charge on any atom is 0.337 e. The van der Waals surface area contributed by atoms with Crippen LogP contribution in [0.25, 0.3) is 0 Å². The summed E-state index contributed by atoms with van der Waals surface area (Å²) in [5.74, 6) is -2.12. The lowest BCUT2D eigenvalue weighted by molar-refractivity contribution is -0.384. The molecule has 2 aliphatic rings. The van der Waals surface area contributed by atoms with E-state index in [0.29, 0.717) is 34.5 Å². The van der Waals surface area contributed by atoms with Gasteiger partial charge in [0.05, 0.1) is 46.8 Å². The second-order valence-electron chi connectivity index (χ2n) is 7.22. The number of nitrogens with zero attached hydrogens (tertiary/aromatic N) is 3. The molecule has 0 fully saturated rings. The lowest BCUT2D eigenvalue weighted by Crippen LogP contribution is -2.34. The Hall–Kier alpha value is -3.34. The zero-order valence-corrected chi connectivity index (χ0v) is 19.7. The van der Waals surface area contributed by atoms with E-state index in [1.54, 1.807) is 38.8 Å². The molecule has 0 saturated carbocycles. The average Bonchev–Trinajstić information content (AvgIpc) is 3.30. The van der Waals surface area contributed by atoms with Gasteiger partial charge in [-0.3, -0.25) is 15.1 Å². The van der Waals surface area contributed by atoms with Gasteiger partial charge >= 0.3 is 11.9 Å². The third-order valence-corrected chi connectivity index (χ3v) is 6.40. The maximum absolute atomic E-state index is 13.3. The van der Waals surface area contributed by atoms with E-state index in [1.807, 2.05) is 0 Å². The lowest BCUT2D eigenvalue weighted by Gasteiger charge is -2.36. The van der Waals surface area contributed by atoms with Gasteiger partial charge in [0, 0.05) is 31.4 Å².